The van der Waals surface area contributed by atoms with Crippen LogP contribution in [0, 0.1) is 11.8 Å². The van der Waals surface area contributed by atoms with Crippen molar-refractivity contribution in [3.63, 3.8) is 0 Å². The molecule has 136 valence electrons. The van der Waals surface area contributed by atoms with Crippen molar-refractivity contribution in [3.8, 4) is 0 Å². The third-order valence-corrected chi connectivity index (χ3v) is 3.66. The maximum Gasteiger partial charge on any atom is 0.416 e. The molecule has 0 bridgehead atoms. The minimum absolute atomic E-state index is 0.116. The van der Waals surface area contributed by atoms with E-state index in [0.29, 0.717) is 18.2 Å². The van der Waals surface area contributed by atoms with Gasteiger partial charge in [0, 0.05) is 6.54 Å². The van der Waals surface area contributed by atoms with E-state index in [1.54, 1.807) is 0 Å². The molecule has 0 aromatic heterocycles. The van der Waals surface area contributed by atoms with Crippen molar-refractivity contribution in [1.29, 1.82) is 0 Å². The van der Waals surface area contributed by atoms with Gasteiger partial charge in [-0.1, -0.05) is 13.0 Å². The Balaban J connectivity index is 3.23. The molecule has 0 aliphatic carbocycles. The summed E-state index contributed by atoms with van der Waals surface area (Å²) in [7, 11) is 0. The topological polar surface area (TPSA) is 63.3 Å². The zero-order chi connectivity index (χ0) is 18.7. The van der Waals surface area contributed by atoms with E-state index in [4.69, 9.17) is 10.8 Å². The van der Waals surface area contributed by atoms with Crippen LogP contribution in [0.3, 0.4) is 0 Å². The normalized spacial score (nSPS) is 15.2. The first-order chi connectivity index (χ1) is 10.9. The van der Waals surface area contributed by atoms with Crippen molar-refractivity contribution in [2.75, 3.05) is 6.54 Å². The lowest BCUT2D eigenvalue weighted by Crippen LogP contribution is -2.26. The van der Waals surface area contributed by atoms with Crippen molar-refractivity contribution in [2.24, 2.45) is 17.6 Å². The van der Waals surface area contributed by atoms with Crippen LogP contribution in [-0.2, 0) is 23.6 Å². The fourth-order valence-electron chi connectivity index (χ4n) is 2.55. The predicted octanol–water partition coefficient (Wildman–Crippen LogP) is 3.95. The Kier molecular flexibility index (Phi) is 6.26. The molecule has 0 radical (unpaired) electrons. The van der Waals surface area contributed by atoms with Gasteiger partial charge in [0.25, 0.3) is 0 Å². The van der Waals surface area contributed by atoms with Gasteiger partial charge in [-0.3, -0.25) is 4.79 Å². The number of benzene rings is 1. The summed E-state index contributed by atoms with van der Waals surface area (Å²) in [6, 6.07) is 1.89. The number of hydrogen-bond acceptors (Lipinski definition) is 2. The number of aliphatic carboxylic acids is 1. The summed E-state index contributed by atoms with van der Waals surface area (Å²) in [6.45, 7) is 1.16. The minimum atomic E-state index is -4.93. The first-order valence-electron chi connectivity index (χ1n) is 7.07. The summed E-state index contributed by atoms with van der Waals surface area (Å²) in [5, 5.41) is 8.92. The van der Waals surface area contributed by atoms with E-state index in [1.807, 2.05) is 0 Å². The van der Waals surface area contributed by atoms with Crippen molar-refractivity contribution < 1.29 is 36.2 Å². The largest absolute Gasteiger partial charge is 0.481 e. The van der Waals surface area contributed by atoms with Gasteiger partial charge in [-0.2, -0.15) is 26.3 Å². The van der Waals surface area contributed by atoms with E-state index in [0.717, 1.165) is 0 Å². The highest BCUT2D eigenvalue weighted by molar-refractivity contribution is 5.70. The standard InChI is InChI=1S/C15H17F6NO2/c1-8(5-9(7-22)13(23)24)6-10-11(14(16,17)18)3-2-4-12(10)15(19,20)21/h2-4,8-9H,5-7,22H2,1H3,(H,23,24). The number of rotatable bonds is 6. The van der Waals surface area contributed by atoms with Crippen LogP contribution in [-0.4, -0.2) is 17.6 Å². The van der Waals surface area contributed by atoms with Gasteiger partial charge in [0.2, 0.25) is 0 Å². The molecule has 0 heterocycles. The fraction of sp³-hybridized carbons (Fsp3) is 0.533. The van der Waals surface area contributed by atoms with E-state index in [1.165, 1.54) is 6.92 Å². The van der Waals surface area contributed by atoms with E-state index in [9.17, 15) is 31.1 Å². The number of hydrogen-bond donors (Lipinski definition) is 2. The van der Waals surface area contributed by atoms with Crippen molar-refractivity contribution in [2.45, 2.75) is 32.1 Å². The van der Waals surface area contributed by atoms with Gasteiger partial charge in [-0.25, -0.2) is 0 Å². The Morgan fingerprint density at radius 2 is 1.58 bits per heavy atom. The first-order valence-corrected chi connectivity index (χ1v) is 7.07. The Labute approximate surface area is 134 Å². The molecule has 1 aromatic carbocycles. The van der Waals surface area contributed by atoms with E-state index < -0.39 is 53.3 Å². The highest BCUT2D eigenvalue weighted by Crippen LogP contribution is 2.40. The lowest BCUT2D eigenvalue weighted by atomic mass is 9.86. The van der Waals surface area contributed by atoms with E-state index in [2.05, 4.69) is 0 Å². The Bertz CT molecular complexity index is 550. The molecule has 3 N–H and O–H groups in total. The third-order valence-electron chi connectivity index (χ3n) is 3.66. The monoisotopic (exact) mass is 357 g/mol. The number of carbonyl (C=O) groups is 1. The van der Waals surface area contributed by atoms with Crippen molar-refractivity contribution in [3.05, 3.63) is 34.9 Å². The smallest absolute Gasteiger partial charge is 0.416 e. The molecule has 1 rings (SSSR count). The Morgan fingerprint density at radius 1 is 1.12 bits per heavy atom. The first kappa shape index (κ1) is 20.3. The fourth-order valence-corrected chi connectivity index (χ4v) is 2.55. The molecular formula is C15H17F6NO2. The van der Waals surface area contributed by atoms with Gasteiger partial charge >= 0.3 is 18.3 Å². The maximum atomic E-state index is 13.0. The lowest BCUT2D eigenvalue weighted by molar-refractivity contribution is -0.145. The number of halogens is 6. The average molecular weight is 357 g/mol. The number of nitrogens with two attached hydrogens (primary N) is 1. The Hall–Kier alpha value is -1.77. The van der Waals surface area contributed by atoms with Crippen LogP contribution in [0.5, 0.6) is 0 Å². The summed E-state index contributed by atoms with van der Waals surface area (Å²) < 4.78 is 78.3. The van der Waals surface area contributed by atoms with Gasteiger partial charge in [0.15, 0.2) is 0 Å². The molecule has 2 atom stereocenters. The summed E-state index contributed by atoms with van der Waals surface area (Å²) in [6.07, 6.45) is -10.5. The molecule has 24 heavy (non-hydrogen) atoms. The second kappa shape index (κ2) is 7.42. The van der Waals surface area contributed by atoms with Crippen LogP contribution in [0.25, 0.3) is 0 Å². The third kappa shape index (κ3) is 5.12. The lowest BCUT2D eigenvalue weighted by Gasteiger charge is -2.22. The number of carboxylic acid groups (broad SMARTS) is 1. The number of alkyl halides is 6. The van der Waals surface area contributed by atoms with Crippen LogP contribution in [0.2, 0.25) is 0 Å². The summed E-state index contributed by atoms with van der Waals surface area (Å²) >= 11 is 0. The highest BCUT2D eigenvalue weighted by atomic mass is 19.4. The van der Waals surface area contributed by atoms with Crippen LogP contribution >= 0.6 is 0 Å². The number of carboxylic acids is 1. The SMILES string of the molecule is CC(Cc1c(C(F)(F)F)cccc1C(F)(F)F)CC(CN)C(=O)O. The van der Waals surface area contributed by atoms with Crippen LogP contribution in [0.1, 0.15) is 30.0 Å². The molecule has 0 saturated carbocycles. The van der Waals surface area contributed by atoms with Crippen molar-refractivity contribution in [1.82, 2.24) is 0 Å². The molecule has 3 nitrogen and oxygen atoms in total. The molecule has 2 unspecified atom stereocenters. The van der Waals surface area contributed by atoms with Gasteiger partial charge in [-0.05, 0) is 36.5 Å². The Morgan fingerprint density at radius 3 is 1.92 bits per heavy atom. The molecule has 0 amide bonds. The van der Waals surface area contributed by atoms with Gasteiger partial charge in [0.05, 0.1) is 17.0 Å². The van der Waals surface area contributed by atoms with Crippen molar-refractivity contribution >= 4 is 5.97 Å². The second-order valence-electron chi connectivity index (χ2n) is 5.64. The molecule has 0 aliphatic heterocycles. The van der Waals surface area contributed by atoms with Crippen LogP contribution in [0.4, 0.5) is 26.3 Å². The molecule has 0 aliphatic rings. The van der Waals surface area contributed by atoms with E-state index in [-0.39, 0.29) is 13.0 Å². The molecule has 0 fully saturated rings. The van der Waals surface area contributed by atoms with E-state index >= 15 is 0 Å². The summed E-state index contributed by atoms with van der Waals surface area (Å²) in [5.74, 6) is -2.98. The quantitative estimate of drug-likeness (QED) is 0.758. The molecule has 0 spiro atoms. The minimum Gasteiger partial charge on any atom is -0.481 e. The molecule has 0 saturated heterocycles. The van der Waals surface area contributed by atoms with Crippen LogP contribution < -0.4 is 5.73 Å². The summed E-state index contributed by atoms with van der Waals surface area (Å²) in [5.41, 5.74) is 1.69. The van der Waals surface area contributed by atoms with Gasteiger partial charge < -0.3 is 10.8 Å². The average Bonchev–Trinajstić information content (AvgIpc) is 2.42. The summed E-state index contributed by atoms with van der Waals surface area (Å²) in [4.78, 5) is 10.9. The molecular weight excluding hydrogens is 340 g/mol. The van der Waals surface area contributed by atoms with Crippen LogP contribution in [0.15, 0.2) is 18.2 Å². The zero-order valence-electron chi connectivity index (χ0n) is 12.7. The van der Waals surface area contributed by atoms with Gasteiger partial charge in [0.1, 0.15) is 0 Å². The highest BCUT2D eigenvalue weighted by Gasteiger charge is 2.40. The molecule has 9 heteroatoms. The zero-order valence-corrected chi connectivity index (χ0v) is 12.7. The van der Waals surface area contributed by atoms with Gasteiger partial charge in [-0.15, -0.1) is 0 Å². The predicted molar refractivity (Wildman–Crippen MR) is 74.1 cm³/mol. The molecule has 1 aromatic rings. The second-order valence-corrected chi connectivity index (χ2v) is 5.64. The maximum absolute atomic E-state index is 13.0.